The van der Waals surface area contributed by atoms with Crippen molar-refractivity contribution in [1.29, 1.82) is 0 Å². The zero-order valence-corrected chi connectivity index (χ0v) is 17.5. The molecule has 0 aliphatic carbocycles. The molecule has 0 spiro atoms. The Hall–Kier alpha value is -1.70. The van der Waals surface area contributed by atoms with Crippen molar-refractivity contribution in [1.82, 2.24) is 14.1 Å². The molecule has 2 heterocycles. The number of benzene rings is 1. The third-order valence-electron chi connectivity index (χ3n) is 5.65. The molecule has 1 aromatic carbocycles. The van der Waals surface area contributed by atoms with Crippen LogP contribution in [0.5, 0.6) is 0 Å². The molecule has 7 heteroatoms. The van der Waals surface area contributed by atoms with E-state index in [9.17, 15) is 13.2 Å². The predicted molar refractivity (Wildman–Crippen MR) is 112 cm³/mol. The summed E-state index contributed by atoms with van der Waals surface area (Å²) in [4.78, 5) is 17.2. The fourth-order valence-corrected chi connectivity index (χ4v) is 5.07. The molecule has 0 bridgehead atoms. The number of piperidine rings is 1. The lowest BCUT2D eigenvalue weighted by Crippen LogP contribution is -2.53. The summed E-state index contributed by atoms with van der Waals surface area (Å²) in [6.45, 7) is 6.57. The number of nitrogens with zero attached hydrogens (tertiary/aromatic N) is 3. The van der Waals surface area contributed by atoms with Gasteiger partial charge in [-0.15, -0.1) is 0 Å². The SMILES string of the molecule is CCS(=O)(=O)N1CCC[C@H](C(=O)N2CCN(C/C=C/c3ccccc3)CC2)C1. The van der Waals surface area contributed by atoms with Gasteiger partial charge in [-0.3, -0.25) is 9.69 Å². The van der Waals surface area contributed by atoms with Crippen LogP contribution in [0.4, 0.5) is 0 Å². The van der Waals surface area contributed by atoms with Crippen molar-refractivity contribution in [3.63, 3.8) is 0 Å². The minimum absolute atomic E-state index is 0.100. The van der Waals surface area contributed by atoms with Gasteiger partial charge in [0.2, 0.25) is 15.9 Å². The van der Waals surface area contributed by atoms with Gasteiger partial charge in [0.25, 0.3) is 0 Å². The smallest absolute Gasteiger partial charge is 0.227 e. The fraction of sp³-hybridized carbons (Fsp3) is 0.571. The van der Waals surface area contributed by atoms with E-state index in [-0.39, 0.29) is 17.6 Å². The number of carbonyl (C=O) groups excluding carboxylic acids is 1. The fourth-order valence-electron chi connectivity index (χ4n) is 3.89. The molecule has 2 saturated heterocycles. The monoisotopic (exact) mass is 405 g/mol. The summed E-state index contributed by atoms with van der Waals surface area (Å²) in [6.07, 6.45) is 5.85. The maximum Gasteiger partial charge on any atom is 0.227 e. The number of hydrogen-bond donors (Lipinski definition) is 0. The van der Waals surface area contributed by atoms with Crippen LogP contribution in [0.25, 0.3) is 6.08 Å². The summed E-state index contributed by atoms with van der Waals surface area (Å²) in [7, 11) is -3.21. The first kappa shape index (κ1) is 21.0. The van der Waals surface area contributed by atoms with Gasteiger partial charge in [-0.25, -0.2) is 12.7 Å². The summed E-state index contributed by atoms with van der Waals surface area (Å²) in [5, 5.41) is 0. The van der Waals surface area contributed by atoms with E-state index in [0.29, 0.717) is 13.1 Å². The highest BCUT2D eigenvalue weighted by atomic mass is 32.2. The summed E-state index contributed by atoms with van der Waals surface area (Å²) in [6, 6.07) is 10.2. The zero-order valence-electron chi connectivity index (χ0n) is 16.7. The Bertz CT molecular complexity index is 771. The van der Waals surface area contributed by atoms with Gasteiger partial charge in [-0.2, -0.15) is 0 Å². The van der Waals surface area contributed by atoms with Gasteiger partial charge in [0.05, 0.1) is 11.7 Å². The van der Waals surface area contributed by atoms with E-state index in [1.165, 1.54) is 9.87 Å². The molecule has 1 aromatic rings. The molecule has 0 aromatic heterocycles. The Morgan fingerprint density at radius 1 is 1.11 bits per heavy atom. The van der Waals surface area contributed by atoms with E-state index < -0.39 is 10.0 Å². The summed E-state index contributed by atoms with van der Waals surface area (Å²) < 4.78 is 25.8. The molecule has 3 rings (SSSR count). The molecule has 154 valence electrons. The number of carbonyl (C=O) groups is 1. The number of piperazine rings is 1. The molecule has 0 radical (unpaired) electrons. The van der Waals surface area contributed by atoms with E-state index in [1.807, 2.05) is 23.1 Å². The van der Waals surface area contributed by atoms with E-state index in [0.717, 1.165) is 45.6 Å². The first-order valence-corrected chi connectivity index (χ1v) is 11.8. The van der Waals surface area contributed by atoms with Gasteiger partial charge in [-0.1, -0.05) is 42.5 Å². The largest absolute Gasteiger partial charge is 0.340 e. The molecule has 2 aliphatic rings. The molecule has 28 heavy (non-hydrogen) atoms. The zero-order chi connectivity index (χ0) is 20.0. The van der Waals surface area contributed by atoms with Gasteiger partial charge in [0, 0.05) is 45.8 Å². The Morgan fingerprint density at radius 3 is 2.50 bits per heavy atom. The third kappa shape index (κ3) is 5.43. The highest BCUT2D eigenvalue weighted by Gasteiger charge is 2.34. The first-order valence-electron chi connectivity index (χ1n) is 10.2. The van der Waals surface area contributed by atoms with Crippen LogP contribution in [0.15, 0.2) is 36.4 Å². The topological polar surface area (TPSA) is 60.9 Å². The summed E-state index contributed by atoms with van der Waals surface area (Å²) in [5.74, 6) is 0.0263. The van der Waals surface area contributed by atoms with Gasteiger partial charge in [-0.05, 0) is 25.3 Å². The lowest BCUT2D eigenvalue weighted by atomic mass is 9.98. The van der Waals surface area contributed by atoms with Crippen LogP contribution in [-0.2, 0) is 14.8 Å². The second-order valence-electron chi connectivity index (χ2n) is 7.54. The van der Waals surface area contributed by atoms with E-state index in [2.05, 4.69) is 29.2 Å². The lowest BCUT2D eigenvalue weighted by Gasteiger charge is -2.38. The third-order valence-corrected chi connectivity index (χ3v) is 7.50. The predicted octanol–water partition coefficient (Wildman–Crippen LogP) is 1.91. The van der Waals surface area contributed by atoms with Crippen LogP contribution in [0.3, 0.4) is 0 Å². The van der Waals surface area contributed by atoms with Crippen molar-refractivity contribution in [2.75, 3.05) is 51.6 Å². The van der Waals surface area contributed by atoms with Crippen LogP contribution in [0, 0.1) is 5.92 Å². The van der Waals surface area contributed by atoms with E-state index in [1.54, 1.807) is 6.92 Å². The number of sulfonamides is 1. The Labute approximate surface area is 168 Å². The van der Waals surface area contributed by atoms with Gasteiger partial charge < -0.3 is 4.90 Å². The molecular formula is C21H31N3O3S. The second-order valence-corrected chi connectivity index (χ2v) is 9.79. The van der Waals surface area contributed by atoms with Crippen molar-refractivity contribution < 1.29 is 13.2 Å². The van der Waals surface area contributed by atoms with E-state index in [4.69, 9.17) is 0 Å². The second kappa shape index (κ2) is 9.67. The standard InChI is InChI=1S/C21H31N3O3S/c1-2-28(26,27)24-13-7-11-20(18-24)21(25)23-16-14-22(15-17-23)12-6-10-19-8-4-3-5-9-19/h3-6,8-10,20H,2,7,11-18H2,1H3/b10-6+/t20-/m0/s1. The van der Waals surface area contributed by atoms with Crippen molar-refractivity contribution in [3.8, 4) is 0 Å². The molecule has 2 fully saturated rings. The van der Waals surface area contributed by atoms with Gasteiger partial charge in [0.15, 0.2) is 0 Å². The van der Waals surface area contributed by atoms with Crippen LogP contribution in [0.2, 0.25) is 0 Å². The maximum absolute atomic E-state index is 12.9. The molecule has 6 nitrogen and oxygen atoms in total. The molecule has 0 N–H and O–H groups in total. The molecular weight excluding hydrogens is 374 g/mol. The molecule has 2 aliphatic heterocycles. The number of rotatable bonds is 6. The van der Waals surface area contributed by atoms with Crippen LogP contribution < -0.4 is 0 Å². The minimum Gasteiger partial charge on any atom is -0.340 e. The molecule has 1 atom stereocenters. The highest BCUT2D eigenvalue weighted by Crippen LogP contribution is 2.22. The Morgan fingerprint density at radius 2 is 1.82 bits per heavy atom. The molecule has 0 unspecified atom stereocenters. The van der Waals surface area contributed by atoms with Crippen molar-refractivity contribution in [3.05, 3.63) is 42.0 Å². The number of amides is 1. The minimum atomic E-state index is -3.21. The number of hydrogen-bond acceptors (Lipinski definition) is 4. The Balaban J connectivity index is 1.46. The quantitative estimate of drug-likeness (QED) is 0.725. The summed E-state index contributed by atoms with van der Waals surface area (Å²) >= 11 is 0. The van der Waals surface area contributed by atoms with Crippen molar-refractivity contribution >= 4 is 22.0 Å². The van der Waals surface area contributed by atoms with E-state index >= 15 is 0 Å². The average Bonchev–Trinajstić information content (AvgIpc) is 2.74. The summed E-state index contributed by atoms with van der Waals surface area (Å²) in [5.41, 5.74) is 1.19. The van der Waals surface area contributed by atoms with Crippen molar-refractivity contribution in [2.24, 2.45) is 5.92 Å². The lowest BCUT2D eigenvalue weighted by molar-refractivity contribution is -0.138. The Kier molecular flexibility index (Phi) is 7.26. The van der Waals surface area contributed by atoms with Crippen LogP contribution >= 0.6 is 0 Å². The van der Waals surface area contributed by atoms with Crippen LogP contribution in [0.1, 0.15) is 25.3 Å². The normalized spacial score (nSPS) is 22.6. The van der Waals surface area contributed by atoms with Gasteiger partial charge >= 0.3 is 0 Å². The highest BCUT2D eigenvalue weighted by molar-refractivity contribution is 7.89. The van der Waals surface area contributed by atoms with Crippen molar-refractivity contribution in [2.45, 2.75) is 19.8 Å². The maximum atomic E-state index is 12.9. The average molecular weight is 406 g/mol. The molecule has 1 amide bonds. The van der Waals surface area contributed by atoms with Gasteiger partial charge in [0.1, 0.15) is 0 Å². The first-order chi connectivity index (χ1) is 13.5. The van der Waals surface area contributed by atoms with Crippen LogP contribution in [-0.4, -0.2) is 80.0 Å². The molecule has 0 saturated carbocycles.